The third kappa shape index (κ3) is 77.4. The first kappa shape index (κ1) is 76.7. The summed E-state index contributed by atoms with van der Waals surface area (Å²) in [7, 11) is -10.1. The molecule has 0 saturated heterocycles. The molecule has 104 valence electrons. The minimum absolute atomic E-state index is 0. The first-order valence-corrected chi connectivity index (χ1v) is 4.59. The van der Waals surface area contributed by atoms with E-state index in [1.54, 1.807) is 0 Å². The zero-order valence-corrected chi connectivity index (χ0v) is 6.20. The van der Waals surface area contributed by atoms with Gasteiger partial charge in [-0.15, -0.1) is 0 Å². The van der Waals surface area contributed by atoms with Crippen molar-refractivity contribution in [1.82, 2.24) is 0 Å². The molecule has 0 saturated carbocycles. The zero-order chi connectivity index (χ0) is 7.71. The average molecular weight is 617 g/mol. The topological polar surface area (TPSA) is 156 Å². The molecule has 6 N–H and O–H groups in total. The van der Waals surface area contributed by atoms with Crippen molar-refractivity contribution in [3.63, 3.8) is 0 Å². The van der Waals surface area contributed by atoms with Crippen LogP contribution >= 0.6 is 15.6 Å². The standard InChI is InChI=1S/10Ca.H4O7P2.H2O.20H/c;;;;;;;;;;1-8(2,3)7-9(4,5)6;;;;;;;;;;;;;;;;;;;;;/h;;;;;;;;;;(H2,1,2,3)(H2,4,5,6);1H2;;;;;;;;;;;;;;;;;;;;. The zero-order valence-electron chi connectivity index (χ0n) is 4.41. The Morgan fingerprint density at radius 1 is 0.500 bits per heavy atom. The van der Waals surface area contributed by atoms with E-state index in [0.717, 1.165) is 0 Å². The Hall–Kier alpha value is 12.8. The molecule has 20 heteroatoms. The first-order valence-electron chi connectivity index (χ1n) is 1.53. The molecule has 0 atom stereocenters. The number of rotatable bonds is 2. The predicted octanol–water partition coefficient (Wildman–Crippen LogP) is -10.8. The van der Waals surface area contributed by atoms with Crippen LogP contribution in [0.2, 0.25) is 0 Å². The Morgan fingerprint density at radius 2 is 0.600 bits per heavy atom. The van der Waals surface area contributed by atoms with Crippen LogP contribution in [-0.4, -0.2) is 402 Å². The van der Waals surface area contributed by atoms with Gasteiger partial charge in [-0.1, -0.05) is 0 Å². The van der Waals surface area contributed by atoms with Crippen LogP contribution in [-0.2, 0) is 13.4 Å². The molecule has 0 aliphatic carbocycles. The summed E-state index contributed by atoms with van der Waals surface area (Å²) in [5.41, 5.74) is 0. The molecule has 0 unspecified atom stereocenters. The van der Waals surface area contributed by atoms with Gasteiger partial charge in [-0.2, -0.15) is 4.31 Å². The maximum atomic E-state index is 9.63. The molecule has 8 nitrogen and oxygen atoms in total. The molecule has 0 spiro atoms. The van der Waals surface area contributed by atoms with Gasteiger partial charge in [0.2, 0.25) is 0 Å². The Bertz CT molecular complexity index is 168. The normalized spacial score (nSPS) is 6.20. The molecule has 0 aromatic heterocycles. The van der Waals surface area contributed by atoms with Gasteiger partial charge in [-0.25, -0.2) is 9.13 Å². The van der Waals surface area contributed by atoms with E-state index < -0.39 is 15.6 Å². The molecule has 0 aliphatic heterocycles. The van der Waals surface area contributed by atoms with Crippen molar-refractivity contribution in [2.24, 2.45) is 0 Å². The molecule has 0 rings (SSSR count). The van der Waals surface area contributed by atoms with Gasteiger partial charge in [0.05, 0.1) is 0 Å². The SMILES string of the molecule is O.O=P(O)(O)OP(=O)(O)O.[CaH2].[CaH2].[CaH2].[CaH2].[CaH2].[CaH2].[CaH2].[CaH2].[CaH2].[CaH2]. The van der Waals surface area contributed by atoms with Crippen molar-refractivity contribution in [3.05, 3.63) is 0 Å². The van der Waals surface area contributed by atoms with Gasteiger partial charge in [0, 0.05) is 0 Å². The van der Waals surface area contributed by atoms with Crippen LogP contribution < -0.4 is 0 Å². The van der Waals surface area contributed by atoms with Gasteiger partial charge >= 0.3 is 393 Å². The van der Waals surface area contributed by atoms with Gasteiger partial charge in [0.15, 0.2) is 0 Å². The van der Waals surface area contributed by atoms with E-state index in [0.29, 0.717) is 0 Å². The third-order valence-electron chi connectivity index (χ3n) is 0.213. The fraction of sp³-hybridized carbons (Fsp3) is 0. The first-order chi connectivity index (χ1) is 3.71. The summed E-state index contributed by atoms with van der Waals surface area (Å²) in [6.45, 7) is 0. The Balaban J connectivity index is -0.00000000582. The number of hydrogen-bond acceptors (Lipinski definition) is 3. The molecule has 0 bridgehead atoms. The maximum absolute atomic E-state index is 9.63. The molecular weight excluding hydrogens is 591 g/mol. The average Bonchev–Trinajstić information content (AvgIpc) is 1.14. The van der Waals surface area contributed by atoms with Crippen LogP contribution in [0.5, 0.6) is 0 Å². The van der Waals surface area contributed by atoms with Gasteiger partial charge in [-0.05, 0) is 0 Å². The fourth-order valence-electron chi connectivity index (χ4n) is 0.139. The Morgan fingerprint density at radius 3 is 0.600 bits per heavy atom. The molecule has 0 amide bonds. The van der Waals surface area contributed by atoms with Gasteiger partial charge in [0.1, 0.15) is 0 Å². The Labute approximate surface area is 416 Å². The van der Waals surface area contributed by atoms with E-state index in [9.17, 15) is 9.13 Å². The van der Waals surface area contributed by atoms with Crippen LogP contribution in [0.15, 0.2) is 0 Å². The van der Waals surface area contributed by atoms with Crippen LogP contribution in [0, 0.1) is 0 Å². The molecule has 0 radical (unpaired) electrons. The van der Waals surface area contributed by atoms with Crippen molar-refractivity contribution < 1.29 is 38.5 Å². The van der Waals surface area contributed by atoms with E-state index in [4.69, 9.17) is 19.6 Å². The summed E-state index contributed by atoms with van der Waals surface area (Å²) < 4.78 is 22.2. The van der Waals surface area contributed by atoms with Crippen LogP contribution in [0.25, 0.3) is 0 Å². The molecule has 0 heterocycles. The summed E-state index contributed by atoms with van der Waals surface area (Å²) in [4.78, 5) is 31.0. The van der Waals surface area contributed by atoms with Crippen LogP contribution in [0.3, 0.4) is 0 Å². The van der Waals surface area contributed by atoms with Crippen molar-refractivity contribution in [1.29, 1.82) is 0 Å². The second kappa shape index (κ2) is 45.3. The summed E-state index contributed by atoms with van der Waals surface area (Å²) in [6, 6.07) is 0. The van der Waals surface area contributed by atoms with Crippen molar-refractivity contribution in [3.8, 4) is 0 Å². The number of phosphoric acid groups is 2. The Kier molecular flexibility index (Phi) is 174. The van der Waals surface area contributed by atoms with E-state index in [1.165, 1.54) is 0 Å². The van der Waals surface area contributed by atoms with Crippen molar-refractivity contribution in [2.45, 2.75) is 0 Å². The van der Waals surface area contributed by atoms with Crippen LogP contribution in [0.1, 0.15) is 0 Å². The monoisotopic (exact) mass is 616 g/mol. The van der Waals surface area contributed by atoms with Crippen molar-refractivity contribution in [2.75, 3.05) is 0 Å². The summed E-state index contributed by atoms with van der Waals surface area (Å²) in [6.07, 6.45) is 0. The summed E-state index contributed by atoms with van der Waals surface area (Å²) in [5.74, 6) is 0. The van der Waals surface area contributed by atoms with Crippen LogP contribution in [0.4, 0.5) is 0 Å². The molecule has 0 fully saturated rings. The molecule has 0 aromatic rings. The molecule has 0 aliphatic rings. The quantitative estimate of drug-likeness (QED) is 0.177. The molecule has 0 aromatic carbocycles. The third-order valence-corrected chi connectivity index (χ3v) is 1.91. The minimum atomic E-state index is -5.05. The molecule has 20 heavy (non-hydrogen) atoms. The van der Waals surface area contributed by atoms with Crippen molar-refractivity contribution >= 4 is 393 Å². The second-order valence-electron chi connectivity index (χ2n) is 1.06. The van der Waals surface area contributed by atoms with E-state index >= 15 is 0 Å². The summed E-state index contributed by atoms with van der Waals surface area (Å²) in [5, 5.41) is 0. The van der Waals surface area contributed by atoms with Gasteiger partial charge < -0.3 is 25.0 Å². The van der Waals surface area contributed by atoms with Gasteiger partial charge in [0.25, 0.3) is 0 Å². The van der Waals surface area contributed by atoms with E-state index in [2.05, 4.69) is 4.31 Å². The second-order valence-corrected chi connectivity index (χ2v) is 3.68. The predicted molar refractivity (Wildman–Crippen MR) is 114 cm³/mol. The molecular formula is H26Ca10O8P2. The fourth-order valence-corrected chi connectivity index (χ4v) is 1.25. The van der Waals surface area contributed by atoms with E-state index in [1.807, 2.05) is 0 Å². The number of hydrogen-bond donors (Lipinski definition) is 4. The van der Waals surface area contributed by atoms with E-state index in [-0.39, 0.29) is 383 Å². The van der Waals surface area contributed by atoms with Gasteiger partial charge in [-0.3, -0.25) is 0 Å². The summed E-state index contributed by atoms with van der Waals surface area (Å²) >= 11 is 0.